The van der Waals surface area contributed by atoms with Crippen molar-refractivity contribution in [3.8, 4) is 11.5 Å². The summed E-state index contributed by atoms with van der Waals surface area (Å²) in [6.45, 7) is 0.833. The quantitative estimate of drug-likeness (QED) is 0.784. The average molecular weight is 232 g/mol. The fourth-order valence-electron chi connectivity index (χ4n) is 3.10. The molecule has 2 N–H and O–H groups in total. The molecule has 0 aliphatic heterocycles. The van der Waals surface area contributed by atoms with Gasteiger partial charge in [0, 0.05) is 25.2 Å². The monoisotopic (exact) mass is 232 g/mol. The molecular formula is C10H12N6O. The maximum Gasteiger partial charge on any atom is 0.222 e. The van der Waals surface area contributed by atoms with Crippen molar-refractivity contribution < 1.29 is 4.74 Å². The SMILES string of the molecule is COCC1C2Cc3c(n[nH]c3-c3nn[nH]n3)[C@@H]12. The van der Waals surface area contributed by atoms with Crippen LogP contribution in [-0.2, 0) is 11.2 Å². The Bertz CT molecular complexity index is 547. The zero-order valence-electron chi connectivity index (χ0n) is 9.34. The molecule has 88 valence electrons. The maximum atomic E-state index is 5.22. The fraction of sp³-hybridized carbons (Fsp3) is 0.600. The standard InChI is InChI=1S/C10H12N6O/c1-17-3-6-4-2-5-8(7(4)6)11-12-9(5)10-13-15-16-14-10/h4,6-7H,2-3H2,1H3,(H,11,12)(H,13,14,15,16)/t4?,6?,7-/m1/s1. The first-order valence-corrected chi connectivity index (χ1v) is 5.70. The number of hydrogen-bond acceptors (Lipinski definition) is 5. The van der Waals surface area contributed by atoms with Crippen LogP contribution in [0, 0.1) is 11.8 Å². The van der Waals surface area contributed by atoms with Crippen molar-refractivity contribution in [2.45, 2.75) is 12.3 Å². The lowest BCUT2D eigenvalue weighted by atomic mass is 10.1. The van der Waals surface area contributed by atoms with Crippen LogP contribution in [-0.4, -0.2) is 44.5 Å². The summed E-state index contributed by atoms with van der Waals surface area (Å²) in [6, 6.07) is 0. The van der Waals surface area contributed by atoms with E-state index in [9.17, 15) is 0 Å². The third-order valence-corrected chi connectivity index (χ3v) is 3.91. The number of hydrogen-bond donors (Lipinski definition) is 2. The minimum atomic E-state index is 0.571. The van der Waals surface area contributed by atoms with E-state index < -0.39 is 0 Å². The van der Waals surface area contributed by atoms with E-state index in [0.717, 1.165) is 18.7 Å². The summed E-state index contributed by atoms with van der Waals surface area (Å²) < 4.78 is 5.22. The molecule has 0 aromatic carbocycles. The number of rotatable bonds is 3. The Labute approximate surface area is 97.0 Å². The van der Waals surface area contributed by atoms with E-state index in [1.807, 2.05) is 0 Å². The highest BCUT2D eigenvalue weighted by atomic mass is 16.5. The topological polar surface area (TPSA) is 92.4 Å². The number of aromatic nitrogens is 6. The molecule has 17 heavy (non-hydrogen) atoms. The van der Waals surface area contributed by atoms with Gasteiger partial charge in [0.2, 0.25) is 5.82 Å². The van der Waals surface area contributed by atoms with E-state index in [1.165, 1.54) is 11.3 Å². The van der Waals surface area contributed by atoms with E-state index >= 15 is 0 Å². The molecule has 3 atom stereocenters. The van der Waals surface area contributed by atoms with Crippen LogP contribution in [0.2, 0.25) is 0 Å². The molecule has 0 bridgehead atoms. The van der Waals surface area contributed by atoms with Crippen molar-refractivity contribution >= 4 is 0 Å². The molecule has 2 aliphatic carbocycles. The van der Waals surface area contributed by atoms with Gasteiger partial charge in [-0.05, 0) is 23.5 Å². The summed E-state index contributed by atoms with van der Waals surface area (Å²) in [5.41, 5.74) is 3.35. The zero-order valence-corrected chi connectivity index (χ0v) is 9.34. The molecule has 4 rings (SSSR count). The summed E-state index contributed by atoms with van der Waals surface area (Å²) in [5.74, 6) is 2.52. The van der Waals surface area contributed by atoms with E-state index in [4.69, 9.17) is 4.74 Å². The Morgan fingerprint density at radius 2 is 2.35 bits per heavy atom. The minimum Gasteiger partial charge on any atom is -0.384 e. The third-order valence-electron chi connectivity index (χ3n) is 3.91. The van der Waals surface area contributed by atoms with Gasteiger partial charge in [-0.1, -0.05) is 0 Å². The highest BCUT2D eigenvalue weighted by Crippen LogP contribution is 2.61. The van der Waals surface area contributed by atoms with E-state index in [0.29, 0.717) is 23.6 Å². The molecule has 2 unspecified atom stereocenters. The molecule has 0 radical (unpaired) electrons. The highest BCUT2D eigenvalue weighted by molar-refractivity contribution is 5.59. The van der Waals surface area contributed by atoms with Crippen molar-refractivity contribution in [1.82, 2.24) is 30.8 Å². The molecule has 2 heterocycles. The second kappa shape index (κ2) is 3.13. The first-order chi connectivity index (χ1) is 8.40. The smallest absolute Gasteiger partial charge is 0.222 e. The normalized spacial score (nSPS) is 29.1. The number of methoxy groups -OCH3 is 1. The van der Waals surface area contributed by atoms with Crippen LogP contribution < -0.4 is 0 Å². The van der Waals surface area contributed by atoms with Crippen molar-refractivity contribution in [2.24, 2.45) is 11.8 Å². The first kappa shape index (κ1) is 9.29. The largest absolute Gasteiger partial charge is 0.384 e. The zero-order chi connectivity index (χ0) is 11.4. The van der Waals surface area contributed by atoms with Gasteiger partial charge in [-0.25, -0.2) is 0 Å². The van der Waals surface area contributed by atoms with Crippen molar-refractivity contribution in [2.75, 3.05) is 13.7 Å². The Kier molecular flexibility index (Phi) is 1.71. The number of nitrogens with one attached hydrogen (secondary N) is 2. The van der Waals surface area contributed by atoms with Crippen molar-refractivity contribution in [1.29, 1.82) is 0 Å². The van der Waals surface area contributed by atoms with Gasteiger partial charge in [0.15, 0.2) is 0 Å². The minimum absolute atomic E-state index is 0.571. The first-order valence-electron chi connectivity index (χ1n) is 5.70. The predicted octanol–water partition coefficient (Wildman–Crippen LogP) is 0.122. The summed E-state index contributed by atoms with van der Waals surface area (Å²) >= 11 is 0. The van der Waals surface area contributed by atoms with E-state index in [1.54, 1.807) is 7.11 Å². The molecule has 0 amide bonds. The Hall–Kier alpha value is -1.76. The van der Waals surface area contributed by atoms with Gasteiger partial charge < -0.3 is 4.74 Å². The van der Waals surface area contributed by atoms with Gasteiger partial charge in [-0.2, -0.15) is 10.3 Å². The van der Waals surface area contributed by atoms with Gasteiger partial charge in [0.1, 0.15) is 5.69 Å². The summed E-state index contributed by atoms with van der Waals surface area (Å²) in [5, 5.41) is 21.4. The molecular weight excluding hydrogens is 220 g/mol. The number of fused-ring (bicyclic) bond motifs is 3. The molecule has 2 aromatic rings. The Morgan fingerprint density at radius 3 is 3.12 bits per heavy atom. The molecule has 1 fully saturated rings. The Morgan fingerprint density at radius 1 is 1.41 bits per heavy atom. The van der Waals surface area contributed by atoms with Crippen molar-refractivity contribution in [3.63, 3.8) is 0 Å². The average Bonchev–Trinajstić information content (AvgIpc) is 2.82. The lowest BCUT2D eigenvalue weighted by Gasteiger charge is -2.01. The van der Waals surface area contributed by atoms with Gasteiger partial charge in [0.05, 0.1) is 5.69 Å². The maximum absolute atomic E-state index is 5.22. The van der Waals surface area contributed by atoms with Crippen LogP contribution in [0.3, 0.4) is 0 Å². The van der Waals surface area contributed by atoms with Gasteiger partial charge in [0.25, 0.3) is 0 Å². The lowest BCUT2D eigenvalue weighted by molar-refractivity contribution is 0.179. The van der Waals surface area contributed by atoms with Gasteiger partial charge in [-0.3, -0.25) is 5.10 Å². The Balaban J connectivity index is 1.68. The summed E-state index contributed by atoms with van der Waals surface area (Å²) in [4.78, 5) is 0. The lowest BCUT2D eigenvalue weighted by Crippen LogP contribution is -2.00. The van der Waals surface area contributed by atoms with Crippen LogP contribution >= 0.6 is 0 Å². The highest BCUT2D eigenvalue weighted by Gasteiger charge is 2.57. The molecule has 7 nitrogen and oxygen atoms in total. The van der Waals surface area contributed by atoms with Gasteiger partial charge in [-0.15, -0.1) is 10.2 Å². The van der Waals surface area contributed by atoms with E-state index in [2.05, 4.69) is 30.8 Å². The summed E-state index contributed by atoms with van der Waals surface area (Å²) in [7, 11) is 1.75. The number of H-pyrrole nitrogens is 2. The molecule has 2 aromatic heterocycles. The fourth-order valence-corrected chi connectivity index (χ4v) is 3.10. The number of aromatic amines is 2. The van der Waals surface area contributed by atoms with Gasteiger partial charge >= 0.3 is 0 Å². The van der Waals surface area contributed by atoms with Crippen LogP contribution in [0.25, 0.3) is 11.5 Å². The van der Waals surface area contributed by atoms with Crippen molar-refractivity contribution in [3.05, 3.63) is 11.3 Å². The molecule has 0 spiro atoms. The van der Waals surface area contributed by atoms with E-state index in [-0.39, 0.29) is 0 Å². The van der Waals surface area contributed by atoms with Crippen LogP contribution in [0.15, 0.2) is 0 Å². The van der Waals surface area contributed by atoms with Crippen LogP contribution in [0.5, 0.6) is 0 Å². The molecule has 2 aliphatic rings. The third kappa shape index (κ3) is 1.14. The van der Waals surface area contributed by atoms with Crippen LogP contribution in [0.1, 0.15) is 17.2 Å². The molecule has 0 saturated heterocycles. The molecule has 7 heteroatoms. The number of nitrogens with zero attached hydrogens (tertiary/aromatic N) is 4. The molecule has 1 saturated carbocycles. The number of tetrazole rings is 1. The second-order valence-electron chi connectivity index (χ2n) is 4.71. The second-order valence-corrected chi connectivity index (χ2v) is 4.71. The van der Waals surface area contributed by atoms with Crippen LogP contribution in [0.4, 0.5) is 0 Å². The summed E-state index contributed by atoms with van der Waals surface area (Å²) in [6.07, 6.45) is 1.05. The predicted molar refractivity (Wildman–Crippen MR) is 57.1 cm³/mol. The number of ether oxygens (including phenoxy) is 1.